The highest BCUT2D eigenvalue weighted by Crippen LogP contribution is 2.44. The van der Waals surface area contributed by atoms with Crippen molar-refractivity contribution in [3.8, 4) is 0 Å². The zero-order valence-electron chi connectivity index (χ0n) is 16.7. The van der Waals surface area contributed by atoms with Gasteiger partial charge in [-0.3, -0.25) is 0 Å². The largest absolute Gasteiger partial charge is 0.376 e. The minimum atomic E-state index is -0.0848. The zero-order valence-corrected chi connectivity index (χ0v) is 17.5. The quantitative estimate of drug-likeness (QED) is 0.771. The molecule has 3 rings (SSSR count). The van der Waals surface area contributed by atoms with E-state index in [9.17, 15) is 0 Å². The van der Waals surface area contributed by atoms with E-state index in [4.69, 9.17) is 21.1 Å². The number of nitrogens with one attached hydrogen (secondary N) is 1. The molecule has 2 atom stereocenters. The third-order valence-electron chi connectivity index (χ3n) is 6.03. The third-order valence-corrected chi connectivity index (χ3v) is 6.28. The third kappa shape index (κ3) is 5.01. The van der Waals surface area contributed by atoms with Gasteiger partial charge in [-0.05, 0) is 84.0 Å². The second-order valence-corrected chi connectivity index (χ2v) is 9.76. The van der Waals surface area contributed by atoms with Gasteiger partial charge in [0.1, 0.15) is 0 Å². The Hall–Kier alpha value is -0.610. The first kappa shape index (κ1) is 20.1. The van der Waals surface area contributed by atoms with Crippen LogP contribution in [0.25, 0.3) is 0 Å². The van der Waals surface area contributed by atoms with Crippen molar-refractivity contribution in [3.63, 3.8) is 0 Å². The van der Waals surface area contributed by atoms with E-state index in [-0.39, 0.29) is 16.6 Å². The molecule has 0 amide bonds. The van der Waals surface area contributed by atoms with Gasteiger partial charge in [0.25, 0.3) is 0 Å². The van der Waals surface area contributed by atoms with Crippen molar-refractivity contribution in [2.24, 2.45) is 0 Å². The summed E-state index contributed by atoms with van der Waals surface area (Å²) in [7, 11) is 0. The molecule has 0 aromatic heterocycles. The van der Waals surface area contributed by atoms with Crippen molar-refractivity contribution in [3.05, 3.63) is 34.9 Å². The summed E-state index contributed by atoms with van der Waals surface area (Å²) in [6.45, 7) is 11.5. The van der Waals surface area contributed by atoms with Crippen LogP contribution >= 0.6 is 11.6 Å². The van der Waals surface area contributed by atoms with Crippen LogP contribution in [-0.4, -0.2) is 37.0 Å². The van der Waals surface area contributed by atoms with E-state index in [0.29, 0.717) is 6.04 Å². The van der Waals surface area contributed by atoms with E-state index in [1.165, 1.54) is 5.56 Å². The lowest BCUT2D eigenvalue weighted by Crippen LogP contribution is -2.47. The van der Waals surface area contributed by atoms with Gasteiger partial charge in [0.15, 0.2) is 0 Å². The highest BCUT2D eigenvalue weighted by molar-refractivity contribution is 6.30. The Morgan fingerprint density at radius 1 is 1.04 bits per heavy atom. The highest BCUT2D eigenvalue weighted by Gasteiger charge is 2.42. The van der Waals surface area contributed by atoms with Gasteiger partial charge in [-0.15, -0.1) is 0 Å². The van der Waals surface area contributed by atoms with Gasteiger partial charge in [-0.25, -0.2) is 0 Å². The summed E-state index contributed by atoms with van der Waals surface area (Å²) in [5.74, 6) is 0. The maximum absolute atomic E-state index is 6.14. The van der Waals surface area contributed by atoms with Crippen LogP contribution < -0.4 is 5.32 Å². The molecule has 26 heavy (non-hydrogen) atoms. The Labute approximate surface area is 163 Å². The number of halogens is 1. The fourth-order valence-corrected chi connectivity index (χ4v) is 4.93. The van der Waals surface area contributed by atoms with Crippen LogP contribution in [-0.2, 0) is 14.9 Å². The Balaban J connectivity index is 1.69. The van der Waals surface area contributed by atoms with E-state index < -0.39 is 0 Å². The van der Waals surface area contributed by atoms with E-state index in [1.54, 1.807) is 0 Å². The standard InChI is InChI=1S/C22H34ClNO2/c1-20(2)15-19(9-13-25-20)24-12-10-22(11-14-26-21(3,4)16-22)17-5-7-18(23)8-6-17/h5-8,19,24H,9-16H2,1-4H3/t19-,22-/m0/s1. The summed E-state index contributed by atoms with van der Waals surface area (Å²) >= 11 is 6.14. The Kier molecular flexibility index (Phi) is 6.03. The molecule has 0 spiro atoms. The number of ether oxygens (including phenoxy) is 2. The smallest absolute Gasteiger partial charge is 0.0641 e. The monoisotopic (exact) mass is 379 g/mol. The van der Waals surface area contributed by atoms with Gasteiger partial charge in [-0.1, -0.05) is 23.7 Å². The highest BCUT2D eigenvalue weighted by atomic mass is 35.5. The van der Waals surface area contributed by atoms with Gasteiger partial charge in [-0.2, -0.15) is 0 Å². The fraction of sp³-hybridized carbons (Fsp3) is 0.727. The summed E-state index contributed by atoms with van der Waals surface area (Å²) in [4.78, 5) is 0. The summed E-state index contributed by atoms with van der Waals surface area (Å²) in [6.07, 6.45) is 5.42. The van der Waals surface area contributed by atoms with Gasteiger partial charge in [0.2, 0.25) is 0 Å². The van der Waals surface area contributed by atoms with Crippen molar-refractivity contribution in [1.29, 1.82) is 0 Å². The maximum atomic E-state index is 6.14. The molecule has 0 radical (unpaired) electrons. The van der Waals surface area contributed by atoms with Crippen molar-refractivity contribution in [2.45, 2.75) is 82.5 Å². The Bertz CT molecular complexity index is 599. The Morgan fingerprint density at radius 2 is 1.73 bits per heavy atom. The van der Waals surface area contributed by atoms with Gasteiger partial charge >= 0.3 is 0 Å². The number of hydrogen-bond acceptors (Lipinski definition) is 3. The molecule has 146 valence electrons. The lowest BCUT2D eigenvalue weighted by Gasteiger charge is -2.46. The lowest BCUT2D eigenvalue weighted by molar-refractivity contribution is -0.0848. The second-order valence-electron chi connectivity index (χ2n) is 9.32. The topological polar surface area (TPSA) is 30.5 Å². The molecule has 0 unspecified atom stereocenters. The zero-order chi connectivity index (χ0) is 18.8. The average Bonchev–Trinajstić information content (AvgIpc) is 2.53. The number of hydrogen-bond donors (Lipinski definition) is 1. The van der Waals surface area contributed by atoms with Crippen LogP contribution in [0.3, 0.4) is 0 Å². The minimum Gasteiger partial charge on any atom is -0.376 e. The average molecular weight is 380 g/mol. The van der Waals surface area contributed by atoms with Crippen molar-refractivity contribution in [2.75, 3.05) is 19.8 Å². The van der Waals surface area contributed by atoms with Gasteiger partial charge in [0.05, 0.1) is 11.2 Å². The van der Waals surface area contributed by atoms with Crippen molar-refractivity contribution >= 4 is 11.6 Å². The van der Waals surface area contributed by atoms with Gasteiger partial charge < -0.3 is 14.8 Å². The number of benzene rings is 1. The first-order chi connectivity index (χ1) is 12.2. The molecule has 3 nitrogen and oxygen atoms in total. The molecular formula is C22H34ClNO2. The van der Waals surface area contributed by atoms with Crippen molar-refractivity contribution < 1.29 is 9.47 Å². The summed E-state index contributed by atoms with van der Waals surface area (Å²) < 4.78 is 11.9. The van der Waals surface area contributed by atoms with E-state index >= 15 is 0 Å². The molecule has 2 fully saturated rings. The number of rotatable bonds is 5. The molecule has 0 aliphatic carbocycles. The van der Waals surface area contributed by atoms with E-state index in [0.717, 1.165) is 56.9 Å². The lowest BCUT2D eigenvalue weighted by atomic mass is 9.67. The molecule has 2 saturated heterocycles. The SMILES string of the molecule is CC1(C)C[C@@H](NCC[C@]2(c3ccc(Cl)cc3)CCOC(C)(C)C2)CCO1. The molecule has 0 saturated carbocycles. The summed E-state index contributed by atoms with van der Waals surface area (Å²) in [6, 6.07) is 9.02. The molecule has 1 aromatic rings. The minimum absolute atomic E-state index is 0.00947. The first-order valence-corrected chi connectivity index (χ1v) is 10.4. The van der Waals surface area contributed by atoms with E-state index in [1.807, 2.05) is 12.1 Å². The molecule has 1 aromatic carbocycles. The summed E-state index contributed by atoms with van der Waals surface area (Å²) in [5, 5.41) is 4.61. The van der Waals surface area contributed by atoms with Crippen molar-refractivity contribution in [1.82, 2.24) is 5.32 Å². The van der Waals surface area contributed by atoms with Crippen LogP contribution in [0.4, 0.5) is 0 Å². The van der Waals surface area contributed by atoms with Gasteiger partial charge in [0, 0.05) is 29.7 Å². The molecular weight excluding hydrogens is 346 g/mol. The Morgan fingerprint density at radius 3 is 2.38 bits per heavy atom. The normalized spacial score (nSPS) is 30.9. The molecule has 1 N–H and O–H groups in total. The second kappa shape index (κ2) is 7.79. The van der Waals surface area contributed by atoms with Crippen LogP contribution in [0.2, 0.25) is 5.02 Å². The van der Waals surface area contributed by atoms with Crippen LogP contribution in [0.15, 0.2) is 24.3 Å². The predicted molar refractivity (Wildman–Crippen MR) is 108 cm³/mol. The first-order valence-electron chi connectivity index (χ1n) is 9.97. The van der Waals surface area contributed by atoms with Crippen LogP contribution in [0.1, 0.15) is 65.4 Å². The molecule has 0 bridgehead atoms. The molecule has 2 aliphatic heterocycles. The predicted octanol–water partition coefficient (Wildman–Crippen LogP) is 5.10. The molecule has 2 heterocycles. The van der Waals surface area contributed by atoms with Crippen LogP contribution in [0.5, 0.6) is 0 Å². The maximum Gasteiger partial charge on any atom is 0.0641 e. The fourth-order valence-electron chi connectivity index (χ4n) is 4.81. The molecule has 4 heteroatoms. The van der Waals surface area contributed by atoms with E-state index in [2.05, 4.69) is 45.1 Å². The summed E-state index contributed by atoms with van der Waals surface area (Å²) in [5.41, 5.74) is 1.45. The molecule has 2 aliphatic rings. The van der Waals surface area contributed by atoms with Crippen LogP contribution in [0, 0.1) is 0 Å².